The molecule has 0 saturated carbocycles. The predicted octanol–water partition coefficient (Wildman–Crippen LogP) is 4.39. The van der Waals surface area contributed by atoms with Gasteiger partial charge in [-0.15, -0.1) is 0 Å². The van der Waals surface area contributed by atoms with Crippen molar-refractivity contribution < 1.29 is 23.5 Å². The molecular formula is C26H39N2O5Si. The Balaban J connectivity index is 1.99. The van der Waals surface area contributed by atoms with E-state index in [0.717, 1.165) is 0 Å². The van der Waals surface area contributed by atoms with Gasteiger partial charge in [-0.2, -0.15) is 0 Å². The highest BCUT2D eigenvalue weighted by atomic mass is 28.3. The second-order valence-electron chi connectivity index (χ2n) is 10.9. The third-order valence-electron chi connectivity index (χ3n) is 7.73. The van der Waals surface area contributed by atoms with E-state index < -0.39 is 38.2 Å². The number of amides is 3. The quantitative estimate of drug-likeness (QED) is 0.456. The number of nitrogens with one attached hydrogen (secondary N) is 1. The van der Waals surface area contributed by atoms with Gasteiger partial charge in [0, 0.05) is 12.8 Å². The van der Waals surface area contributed by atoms with E-state index in [1.165, 1.54) is 4.90 Å². The fourth-order valence-electron chi connectivity index (χ4n) is 5.17. The number of carbonyl (C=O) groups excluding carboxylic acids is 3. The average Bonchev–Trinajstić information content (AvgIpc) is 2.74. The fraction of sp³-hybridized carbons (Fsp3) is 0.654. The van der Waals surface area contributed by atoms with Crippen molar-refractivity contribution >= 4 is 26.8 Å². The molecule has 0 spiro atoms. The normalized spacial score (nSPS) is 24.5. The molecule has 3 rings (SSSR count). The van der Waals surface area contributed by atoms with E-state index in [1.54, 1.807) is 25.1 Å². The molecule has 0 bridgehead atoms. The molecule has 2 aliphatic rings. The first-order valence-corrected chi connectivity index (χ1v) is 14.6. The van der Waals surface area contributed by atoms with Gasteiger partial charge in [-0.1, -0.05) is 53.7 Å². The number of ether oxygens (including phenoxy) is 1. The highest BCUT2D eigenvalue weighted by molar-refractivity contribution is 6.48. The molecule has 0 unspecified atom stereocenters. The summed E-state index contributed by atoms with van der Waals surface area (Å²) in [5.74, 6) is -1.45. The molecule has 2 aliphatic heterocycles. The van der Waals surface area contributed by atoms with Gasteiger partial charge < -0.3 is 14.5 Å². The Labute approximate surface area is 205 Å². The summed E-state index contributed by atoms with van der Waals surface area (Å²) in [7, 11) is -1.12. The van der Waals surface area contributed by atoms with Crippen molar-refractivity contribution in [2.45, 2.75) is 91.8 Å². The van der Waals surface area contributed by atoms with Crippen molar-refractivity contribution in [1.29, 1.82) is 0 Å². The van der Waals surface area contributed by atoms with Crippen LogP contribution in [0.5, 0.6) is 5.75 Å². The Morgan fingerprint density at radius 2 is 1.76 bits per heavy atom. The number of benzene rings is 1. The molecule has 0 aliphatic carbocycles. The summed E-state index contributed by atoms with van der Waals surface area (Å²) in [6, 6.07) is 6.59. The molecule has 1 fully saturated rings. The highest BCUT2D eigenvalue weighted by Crippen LogP contribution is 2.47. The summed E-state index contributed by atoms with van der Waals surface area (Å²) in [6.07, 6.45) is 0.922. The van der Waals surface area contributed by atoms with E-state index in [4.69, 9.17) is 9.16 Å². The van der Waals surface area contributed by atoms with Gasteiger partial charge in [-0.05, 0) is 37.6 Å². The average molecular weight is 488 g/mol. The Morgan fingerprint density at radius 1 is 1.18 bits per heavy atom. The second-order valence-corrected chi connectivity index (χ2v) is 12.9. The zero-order valence-corrected chi connectivity index (χ0v) is 22.9. The van der Waals surface area contributed by atoms with Gasteiger partial charge in [-0.3, -0.25) is 14.4 Å². The Hall–Kier alpha value is -2.19. The largest absolute Gasteiger partial charge is 0.467 e. The van der Waals surface area contributed by atoms with Gasteiger partial charge in [0.1, 0.15) is 5.75 Å². The van der Waals surface area contributed by atoms with Crippen LogP contribution in [0.4, 0.5) is 0 Å². The van der Waals surface area contributed by atoms with E-state index in [0.29, 0.717) is 24.2 Å². The number of nitrogens with zero attached hydrogens (tertiary/aromatic N) is 1. The highest BCUT2D eigenvalue weighted by Gasteiger charge is 2.60. The molecule has 3 amide bonds. The molecule has 8 heteroatoms. The van der Waals surface area contributed by atoms with Crippen molar-refractivity contribution in [3.8, 4) is 5.75 Å². The lowest BCUT2D eigenvalue weighted by Crippen LogP contribution is -2.74. The van der Waals surface area contributed by atoms with Crippen LogP contribution in [0.3, 0.4) is 0 Å². The molecular weight excluding hydrogens is 448 g/mol. The summed E-state index contributed by atoms with van der Waals surface area (Å²) < 4.78 is 12.8. The molecule has 1 aromatic rings. The number of rotatable bonds is 7. The lowest BCUT2D eigenvalue weighted by atomic mass is 9.62. The summed E-state index contributed by atoms with van der Waals surface area (Å²) in [5.41, 5.74) is -1.78. The van der Waals surface area contributed by atoms with Gasteiger partial charge in [0.25, 0.3) is 5.91 Å². The molecule has 34 heavy (non-hydrogen) atoms. The van der Waals surface area contributed by atoms with Crippen LogP contribution >= 0.6 is 0 Å². The van der Waals surface area contributed by atoms with Crippen LogP contribution in [-0.4, -0.2) is 49.0 Å². The molecule has 1 N–H and O–H groups in total. The smallest absolute Gasteiger partial charge is 0.267 e. The molecule has 1 aromatic carbocycles. The van der Waals surface area contributed by atoms with E-state index in [2.05, 4.69) is 26.1 Å². The molecule has 1 radical (unpaired) electrons. The standard InChI is InChI=1S/C26H39N2O5Si/c1-10-26(11-2)28(23(31)17-14-12-13-15-18(17)32-26)22(30)16(3)20-19(21(29)27-20)25(7,24(4,5)6)33-34(8)9/h12-16,19-20H,10-11H2,1-9H3,(H,27,29)/t16-,19-,20-,25-/m1/s1. The topological polar surface area (TPSA) is 84.9 Å². The van der Waals surface area contributed by atoms with Gasteiger partial charge >= 0.3 is 0 Å². The van der Waals surface area contributed by atoms with Gasteiger partial charge in [0.15, 0.2) is 5.72 Å². The van der Waals surface area contributed by atoms with Crippen molar-refractivity contribution in [2.24, 2.45) is 17.3 Å². The third kappa shape index (κ3) is 4.09. The number of hydrogen-bond donors (Lipinski definition) is 1. The molecule has 0 aromatic heterocycles. The van der Waals surface area contributed by atoms with Crippen LogP contribution in [0, 0.1) is 17.3 Å². The van der Waals surface area contributed by atoms with E-state index >= 15 is 0 Å². The zero-order valence-electron chi connectivity index (χ0n) is 21.9. The third-order valence-corrected chi connectivity index (χ3v) is 8.56. The minimum atomic E-state index is -1.12. The molecule has 2 heterocycles. The minimum absolute atomic E-state index is 0.117. The SMILES string of the molecule is CCC1(CC)Oc2ccccc2C(=O)N1C(=O)[C@H](C)[C@H]1NC(=O)[C@@H]1[C@@](C)(O[Si](C)C)C(C)(C)C. The first kappa shape index (κ1) is 26.4. The number of hydrogen-bond acceptors (Lipinski definition) is 5. The Kier molecular flexibility index (Phi) is 7.08. The number of fused-ring (bicyclic) bond motifs is 1. The molecule has 4 atom stereocenters. The monoisotopic (exact) mass is 487 g/mol. The lowest BCUT2D eigenvalue weighted by molar-refractivity contribution is -0.169. The minimum Gasteiger partial charge on any atom is -0.467 e. The van der Waals surface area contributed by atoms with Crippen molar-refractivity contribution in [3.05, 3.63) is 29.8 Å². The van der Waals surface area contributed by atoms with Crippen molar-refractivity contribution in [1.82, 2.24) is 10.2 Å². The van der Waals surface area contributed by atoms with Crippen LogP contribution in [0.2, 0.25) is 13.1 Å². The van der Waals surface area contributed by atoms with Gasteiger partial charge in [-0.25, -0.2) is 4.90 Å². The predicted molar refractivity (Wildman–Crippen MR) is 133 cm³/mol. The summed E-state index contributed by atoms with van der Waals surface area (Å²) in [5, 5.41) is 2.95. The first-order chi connectivity index (χ1) is 15.7. The molecule has 187 valence electrons. The number of β-lactam (4-membered cyclic amide) rings is 1. The number of carbonyl (C=O) groups is 3. The van der Waals surface area contributed by atoms with E-state index in [1.807, 2.05) is 39.9 Å². The second kappa shape index (κ2) is 9.11. The molecule has 1 saturated heterocycles. The summed E-state index contributed by atoms with van der Waals surface area (Å²) in [4.78, 5) is 41.8. The fourth-order valence-corrected chi connectivity index (χ4v) is 6.46. The molecule has 7 nitrogen and oxygen atoms in total. The van der Waals surface area contributed by atoms with Crippen LogP contribution in [0.1, 0.15) is 71.7 Å². The van der Waals surface area contributed by atoms with Crippen LogP contribution in [-0.2, 0) is 14.0 Å². The zero-order chi connectivity index (χ0) is 25.6. The summed E-state index contributed by atoms with van der Waals surface area (Å²) in [6.45, 7) is 17.9. The van der Waals surface area contributed by atoms with Crippen molar-refractivity contribution in [2.75, 3.05) is 0 Å². The van der Waals surface area contributed by atoms with Crippen LogP contribution in [0.15, 0.2) is 24.3 Å². The van der Waals surface area contributed by atoms with Gasteiger partial charge in [0.2, 0.25) is 20.9 Å². The Morgan fingerprint density at radius 3 is 2.26 bits per heavy atom. The maximum absolute atomic E-state index is 14.0. The van der Waals surface area contributed by atoms with Gasteiger partial charge in [0.05, 0.1) is 29.0 Å². The lowest BCUT2D eigenvalue weighted by Gasteiger charge is -2.56. The maximum Gasteiger partial charge on any atom is 0.267 e. The van der Waals surface area contributed by atoms with Crippen molar-refractivity contribution in [3.63, 3.8) is 0 Å². The number of para-hydroxylation sites is 1. The van der Waals surface area contributed by atoms with E-state index in [-0.39, 0.29) is 23.1 Å². The summed E-state index contributed by atoms with van der Waals surface area (Å²) >= 11 is 0. The number of imide groups is 1. The van der Waals surface area contributed by atoms with Crippen LogP contribution < -0.4 is 10.1 Å². The van der Waals surface area contributed by atoms with Crippen LogP contribution in [0.25, 0.3) is 0 Å². The first-order valence-electron chi connectivity index (χ1n) is 12.2. The maximum atomic E-state index is 14.0. The van der Waals surface area contributed by atoms with E-state index in [9.17, 15) is 14.4 Å². The Bertz CT molecular complexity index is 968.